The highest BCUT2D eigenvalue weighted by Crippen LogP contribution is 2.15. The van der Waals surface area contributed by atoms with E-state index in [1.165, 1.54) is 42.1 Å². The van der Waals surface area contributed by atoms with Gasteiger partial charge in [-0.3, -0.25) is 19.2 Å². The molecule has 0 saturated heterocycles. The molecule has 2 aromatic rings. The van der Waals surface area contributed by atoms with Gasteiger partial charge in [0, 0.05) is 30.6 Å². The Hall–Kier alpha value is -3.42. The third kappa shape index (κ3) is 3.74. The van der Waals surface area contributed by atoms with Gasteiger partial charge in [0.25, 0.3) is 11.1 Å². The number of aromatic hydroxyl groups is 1. The first kappa shape index (κ1) is 17.9. The van der Waals surface area contributed by atoms with Crippen molar-refractivity contribution in [3.05, 3.63) is 68.0 Å². The Morgan fingerprint density at radius 3 is 2.56 bits per heavy atom. The van der Waals surface area contributed by atoms with E-state index < -0.39 is 40.7 Å². The lowest BCUT2D eigenvalue weighted by atomic mass is 10.1. The number of hydrogen-bond acceptors (Lipinski definition) is 5. The molecule has 0 aliphatic rings. The minimum atomic E-state index is -1.17. The third-order valence-electron chi connectivity index (χ3n) is 3.67. The zero-order valence-electron chi connectivity index (χ0n) is 13.6. The lowest BCUT2D eigenvalue weighted by Crippen LogP contribution is -2.26. The van der Waals surface area contributed by atoms with Crippen molar-refractivity contribution >= 4 is 17.8 Å². The van der Waals surface area contributed by atoms with E-state index in [1.54, 1.807) is 6.92 Å². The van der Waals surface area contributed by atoms with Crippen LogP contribution in [0.1, 0.15) is 21.6 Å². The smallest absolute Gasteiger partial charge is 0.323 e. The number of carboxylic acids is 1. The molecule has 2 N–H and O–H groups in total. The maximum Gasteiger partial charge on any atom is 0.323 e. The summed E-state index contributed by atoms with van der Waals surface area (Å²) in [5, 5.41) is 18.6. The van der Waals surface area contributed by atoms with Crippen molar-refractivity contribution in [2.24, 2.45) is 7.05 Å². The molecular weight excluding hydrogens is 328 g/mol. The monoisotopic (exact) mass is 344 g/mol. The molecule has 130 valence electrons. The molecule has 8 nitrogen and oxygen atoms in total. The Morgan fingerprint density at radius 2 is 1.92 bits per heavy atom. The van der Waals surface area contributed by atoms with E-state index in [0.717, 1.165) is 10.6 Å². The summed E-state index contributed by atoms with van der Waals surface area (Å²) in [6, 6.07) is 4.18. The second kappa shape index (κ2) is 7.00. The lowest BCUT2D eigenvalue weighted by molar-refractivity contribution is -0.137. The lowest BCUT2D eigenvalue weighted by Gasteiger charge is -2.07. The standard InChI is InChI=1S/C17H16N2O6/c1-10-8-13(21)15(17(25)18(10)2)12(20)6-5-11-4-3-7-19(16(11)24)9-14(22)23/h3-8,21H,9H2,1-2H3,(H,22,23). The first-order chi connectivity index (χ1) is 11.7. The zero-order valence-corrected chi connectivity index (χ0v) is 13.6. The number of allylic oxidation sites excluding steroid dienone is 1. The largest absolute Gasteiger partial charge is 0.507 e. The Kier molecular flexibility index (Phi) is 5.02. The summed E-state index contributed by atoms with van der Waals surface area (Å²) in [6.45, 7) is 1.11. The molecular formula is C17H16N2O6. The van der Waals surface area contributed by atoms with Crippen molar-refractivity contribution in [1.82, 2.24) is 9.13 Å². The molecule has 0 aromatic carbocycles. The van der Waals surface area contributed by atoms with Crippen molar-refractivity contribution in [2.45, 2.75) is 13.5 Å². The molecule has 0 unspecified atom stereocenters. The van der Waals surface area contributed by atoms with E-state index in [2.05, 4.69) is 0 Å². The molecule has 2 rings (SSSR count). The van der Waals surface area contributed by atoms with Crippen LogP contribution in [0.4, 0.5) is 0 Å². The van der Waals surface area contributed by atoms with Crippen LogP contribution in [-0.4, -0.2) is 31.1 Å². The van der Waals surface area contributed by atoms with Crippen molar-refractivity contribution in [3.63, 3.8) is 0 Å². The van der Waals surface area contributed by atoms with Crippen LogP contribution in [-0.2, 0) is 18.4 Å². The van der Waals surface area contributed by atoms with Crippen LogP contribution in [0.25, 0.3) is 6.08 Å². The molecule has 2 aromatic heterocycles. The molecule has 0 amide bonds. The summed E-state index contributed by atoms with van der Waals surface area (Å²) >= 11 is 0. The fourth-order valence-electron chi connectivity index (χ4n) is 2.24. The number of ketones is 1. The normalized spacial score (nSPS) is 11.0. The van der Waals surface area contributed by atoms with Crippen molar-refractivity contribution in [1.29, 1.82) is 0 Å². The van der Waals surface area contributed by atoms with Gasteiger partial charge in [0.2, 0.25) is 0 Å². The van der Waals surface area contributed by atoms with E-state index in [-0.39, 0.29) is 5.56 Å². The van der Waals surface area contributed by atoms with E-state index in [9.17, 15) is 24.3 Å². The van der Waals surface area contributed by atoms with Crippen LogP contribution in [0.15, 0.2) is 40.1 Å². The Morgan fingerprint density at radius 1 is 1.24 bits per heavy atom. The minimum Gasteiger partial charge on any atom is -0.507 e. The number of aromatic nitrogens is 2. The minimum absolute atomic E-state index is 0.0838. The van der Waals surface area contributed by atoms with E-state index in [4.69, 9.17) is 5.11 Å². The van der Waals surface area contributed by atoms with Crippen LogP contribution in [0, 0.1) is 6.92 Å². The summed E-state index contributed by atoms with van der Waals surface area (Å²) < 4.78 is 2.21. The van der Waals surface area contributed by atoms with Gasteiger partial charge in [-0.25, -0.2) is 0 Å². The summed E-state index contributed by atoms with van der Waals surface area (Å²) in [5.74, 6) is -2.37. The van der Waals surface area contributed by atoms with Gasteiger partial charge in [-0.05, 0) is 31.2 Å². The first-order valence-electron chi connectivity index (χ1n) is 7.25. The SMILES string of the molecule is Cc1cc(O)c(C(=O)C=Cc2cccn(CC(=O)O)c2=O)c(=O)n1C. The zero-order chi connectivity index (χ0) is 18.7. The van der Waals surface area contributed by atoms with Gasteiger partial charge < -0.3 is 19.3 Å². The average Bonchev–Trinajstić information content (AvgIpc) is 2.53. The second-order valence-corrected chi connectivity index (χ2v) is 5.40. The molecule has 0 fully saturated rings. The van der Waals surface area contributed by atoms with E-state index in [0.29, 0.717) is 5.69 Å². The van der Waals surface area contributed by atoms with Gasteiger partial charge in [0.15, 0.2) is 5.78 Å². The summed E-state index contributed by atoms with van der Waals surface area (Å²) in [6.07, 6.45) is 3.49. The van der Waals surface area contributed by atoms with Crippen molar-refractivity contribution < 1.29 is 19.8 Å². The first-order valence-corrected chi connectivity index (χ1v) is 7.25. The van der Waals surface area contributed by atoms with Gasteiger partial charge in [-0.2, -0.15) is 0 Å². The molecule has 0 atom stereocenters. The van der Waals surface area contributed by atoms with Gasteiger partial charge in [-0.15, -0.1) is 0 Å². The molecule has 2 heterocycles. The van der Waals surface area contributed by atoms with Crippen LogP contribution >= 0.6 is 0 Å². The van der Waals surface area contributed by atoms with Crippen LogP contribution in [0.5, 0.6) is 5.75 Å². The fraction of sp³-hybridized carbons (Fsp3) is 0.176. The van der Waals surface area contributed by atoms with Gasteiger partial charge in [0.05, 0.1) is 0 Å². The highest BCUT2D eigenvalue weighted by Gasteiger charge is 2.16. The maximum absolute atomic E-state index is 12.2. The Labute approximate surface area is 141 Å². The van der Waals surface area contributed by atoms with Gasteiger partial charge >= 0.3 is 5.97 Å². The highest BCUT2D eigenvalue weighted by atomic mass is 16.4. The predicted octanol–water partition coefficient (Wildman–Crippen LogP) is 0.542. The number of nitrogens with zero attached hydrogens (tertiary/aromatic N) is 2. The van der Waals surface area contributed by atoms with Crippen LogP contribution in [0.3, 0.4) is 0 Å². The van der Waals surface area contributed by atoms with E-state index >= 15 is 0 Å². The Balaban J connectivity index is 2.40. The third-order valence-corrected chi connectivity index (χ3v) is 3.67. The van der Waals surface area contributed by atoms with E-state index in [1.807, 2.05) is 0 Å². The quantitative estimate of drug-likeness (QED) is 0.604. The summed E-state index contributed by atoms with van der Waals surface area (Å²) in [7, 11) is 1.47. The van der Waals surface area contributed by atoms with Crippen molar-refractivity contribution in [3.8, 4) is 5.75 Å². The second-order valence-electron chi connectivity index (χ2n) is 5.40. The summed E-state index contributed by atoms with van der Waals surface area (Å²) in [5.41, 5.74) is -1.06. The number of aryl methyl sites for hydroxylation is 1. The molecule has 0 aliphatic heterocycles. The van der Waals surface area contributed by atoms with Gasteiger partial charge in [0.1, 0.15) is 17.9 Å². The van der Waals surface area contributed by atoms with Crippen LogP contribution in [0.2, 0.25) is 0 Å². The Bertz CT molecular complexity index is 997. The molecule has 0 aliphatic carbocycles. The number of pyridine rings is 2. The number of carbonyl (C=O) groups excluding carboxylic acids is 1. The fourth-order valence-corrected chi connectivity index (χ4v) is 2.24. The van der Waals surface area contributed by atoms with Gasteiger partial charge in [-0.1, -0.05) is 0 Å². The molecule has 0 bridgehead atoms. The predicted molar refractivity (Wildman–Crippen MR) is 89.8 cm³/mol. The maximum atomic E-state index is 12.2. The van der Waals surface area contributed by atoms with Crippen LogP contribution < -0.4 is 11.1 Å². The molecule has 0 saturated carbocycles. The average molecular weight is 344 g/mol. The number of carbonyl (C=O) groups is 2. The molecule has 0 spiro atoms. The highest BCUT2D eigenvalue weighted by molar-refractivity contribution is 6.08. The molecule has 0 radical (unpaired) electrons. The number of carboxylic acid groups (broad SMARTS) is 1. The molecule has 8 heteroatoms. The van der Waals surface area contributed by atoms with Crippen molar-refractivity contribution in [2.75, 3.05) is 0 Å². The number of aliphatic carboxylic acids is 1. The summed E-state index contributed by atoms with van der Waals surface area (Å²) in [4.78, 5) is 47.2. The number of rotatable bonds is 5. The topological polar surface area (TPSA) is 119 Å². The molecule has 25 heavy (non-hydrogen) atoms. The number of hydrogen-bond donors (Lipinski definition) is 2.